The van der Waals surface area contributed by atoms with Crippen molar-refractivity contribution >= 4 is 10.8 Å². The van der Waals surface area contributed by atoms with Crippen LogP contribution in [0.2, 0.25) is 0 Å². The van der Waals surface area contributed by atoms with E-state index in [0.717, 1.165) is 30.1 Å². The summed E-state index contributed by atoms with van der Waals surface area (Å²) in [7, 11) is 1.10. The third-order valence-corrected chi connectivity index (χ3v) is 4.85. The zero-order valence-electron chi connectivity index (χ0n) is 11.0. The predicted octanol–water partition coefficient (Wildman–Crippen LogP) is 2.26. The monoisotopic (exact) mass is 267 g/mol. The van der Waals surface area contributed by atoms with Gasteiger partial charge in [0.05, 0.1) is 7.11 Å². The van der Waals surface area contributed by atoms with Crippen LogP contribution in [0.3, 0.4) is 0 Å². The largest absolute Gasteiger partial charge is 0.497 e. The highest BCUT2D eigenvalue weighted by Crippen LogP contribution is 2.21. The van der Waals surface area contributed by atoms with Crippen LogP contribution in [0.5, 0.6) is 5.75 Å². The third-order valence-electron chi connectivity index (χ3n) is 3.47. The molecule has 1 aliphatic rings. The summed E-state index contributed by atoms with van der Waals surface area (Å²) in [5.74, 6) is 2.57. The van der Waals surface area contributed by atoms with Crippen molar-refractivity contribution in [3.63, 3.8) is 0 Å². The molecule has 0 amide bonds. The molecule has 1 saturated heterocycles. The first-order valence-corrected chi connectivity index (χ1v) is 7.93. The summed E-state index contributed by atoms with van der Waals surface area (Å²) >= 11 is 0. The molecule has 0 aliphatic carbocycles. The minimum absolute atomic E-state index is 0.302. The van der Waals surface area contributed by atoms with E-state index in [4.69, 9.17) is 4.74 Å². The summed E-state index contributed by atoms with van der Waals surface area (Å²) < 4.78 is 16.6. The molecule has 1 aromatic carbocycles. The van der Waals surface area contributed by atoms with Gasteiger partial charge in [-0.3, -0.25) is 4.21 Å². The van der Waals surface area contributed by atoms with Gasteiger partial charge in [-0.25, -0.2) is 0 Å². The topological polar surface area (TPSA) is 38.3 Å². The molecule has 1 unspecified atom stereocenters. The average Bonchev–Trinajstić information content (AvgIpc) is 2.41. The molecule has 1 N–H and O–H groups in total. The summed E-state index contributed by atoms with van der Waals surface area (Å²) in [5.41, 5.74) is 1.24. The standard InChI is InChI=1S/C14H21NO2S/c1-11(12-4-3-5-14(10-12)17-2)15-13-6-8-18(16)9-7-13/h3-5,10-11,13,15H,6-9H2,1-2H3. The number of benzene rings is 1. The Morgan fingerprint density at radius 3 is 2.78 bits per heavy atom. The lowest BCUT2D eigenvalue weighted by atomic mass is 10.1. The Morgan fingerprint density at radius 1 is 1.39 bits per heavy atom. The van der Waals surface area contributed by atoms with Crippen LogP contribution in [0.1, 0.15) is 31.4 Å². The molecular formula is C14H21NO2S. The lowest BCUT2D eigenvalue weighted by molar-refractivity contribution is 0.408. The van der Waals surface area contributed by atoms with Gasteiger partial charge in [0.25, 0.3) is 0 Å². The molecule has 2 rings (SSSR count). The Kier molecular flexibility index (Phi) is 4.78. The van der Waals surface area contributed by atoms with E-state index < -0.39 is 10.8 Å². The molecule has 1 aromatic rings. The Bertz CT molecular complexity index is 412. The molecule has 0 bridgehead atoms. The number of nitrogens with one attached hydrogen (secondary N) is 1. The van der Waals surface area contributed by atoms with E-state index in [1.807, 2.05) is 12.1 Å². The molecule has 0 aromatic heterocycles. The lowest BCUT2D eigenvalue weighted by Gasteiger charge is -2.26. The van der Waals surface area contributed by atoms with Gasteiger partial charge in [0, 0.05) is 34.4 Å². The van der Waals surface area contributed by atoms with E-state index in [1.165, 1.54) is 5.56 Å². The van der Waals surface area contributed by atoms with Gasteiger partial charge in [0.15, 0.2) is 0 Å². The van der Waals surface area contributed by atoms with Gasteiger partial charge in [0.1, 0.15) is 5.75 Å². The maximum Gasteiger partial charge on any atom is 0.119 e. The van der Waals surface area contributed by atoms with Crippen LogP contribution in [-0.2, 0) is 10.8 Å². The van der Waals surface area contributed by atoms with Crippen molar-refractivity contribution in [3.8, 4) is 5.75 Å². The van der Waals surface area contributed by atoms with E-state index in [-0.39, 0.29) is 0 Å². The molecule has 1 atom stereocenters. The SMILES string of the molecule is COc1cccc(C(C)NC2CCS(=O)CC2)c1. The van der Waals surface area contributed by atoms with Gasteiger partial charge < -0.3 is 10.1 Å². The number of hydrogen-bond donors (Lipinski definition) is 1. The fourth-order valence-corrected chi connectivity index (χ4v) is 3.62. The third kappa shape index (κ3) is 3.56. The fraction of sp³-hybridized carbons (Fsp3) is 0.571. The average molecular weight is 267 g/mol. The van der Waals surface area contributed by atoms with E-state index in [9.17, 15) is 4.21 Å². The van der Waals surface area contributed by atoms with Gasteiger partial charge in [0.2, 0.25) is 0 Å². The molecule has 1 fully saturated rings. The molecule has 1 heterocycles. The smallest absolute Gasteiger partial charge is 0.119 e. The van der Waals surface area contributed by atoms with Crippen LogP contribution < -0.4 is 10.1 Å². The van der Waals surface area contributed by atoms with Crippen molar-refractivity contribution in [1.82, 2.24) is 5.32 Å². The van der Waals surface area contributed by atoms with E-state index in [2.05, 4.69) is 24.4 Å². The Morgan fingerprint density at radius 2 is 2.11 bits per heavy atom. The minimum Gasteiger partial charge on any atom is -0.497 e. The summed E-state index contributed by atoms with van der Waals surface area (Å²) in [6.07, 6.45) is 2.03. The summed E-state index contributed by atoms with van der Waals surface area (Å²) in [5, 5.41) is 3.62. The zero-order chi connectivity index (χ0) is 13.0. The van der Waals surface area contributed by atoms with Crippen molar-refractivity contribution in [2.45, 2.75) is 31.8 Å². The molecule has 0 saturated carbocycles. The van der Waals surface area contributed by atoms with Crippen molar-refractivity contribution in [3.05, 3.63) is 29.8 Å². The van der Waals surface area contributed by atoms with E-state index in [0.29, 0.717) is 12.1 Å². The van der Waals surface area contributed by atoms with Gasteiger partial charge in [-0.1, -0.05) is 12.1 Å². The van der Waals surface area contributed by atoms with Crippen LogP contribution in [0.25, 0.3) is 0 Å². The highest BCUT2D eigenvalue weighted by molar-refractivity contribution is 7.85. The highest BCUT2D eigenvalue weighted by Gasteiger charge is 2.19. The molecular weight excluding hydrogens is 246 g/mol. The number of hydrogen-bond acceptors (Lipinski definition) is 3. The first-order valence-electron chi connectivity index (χ1n) is 6.44. The van der Waals surface area contributed by atoms with Gasteiger partial charge >= 0.3 is 0 Å². The zero-order valence-corrected chi connectivity index (χ0v) is 11.8. The van der Waals surface area contributed by atoms with Crippen molar-refractivity contribution in [2.75, 3.05) is 18.6 Å². The van der Waals surface area contributed by atoms with Crippen molar-refractivity contribution in [2.24, 2.45) is 0 Å². The molecule has 100 valence electrons. The Balaban J connectivity index is 1.94. The van der Waals surface area contributed by atoms with Crippen LogP contribution in [0.15, 0.2) is 24.3 Å². The molecule has 0 spiro atoms. The Hall–Kier alpha value is -0.870. The van der Waals surface area contributed by atoms with Crippen LogP contribution in [0.4, 0.5) is 0 Å². The maximum absolute atomic E-state index is 11.3. The number of ether oxygens (including phenoxy) is 1. The van der Waals surface area contributed by atoms with Crippen LogP contribution in [-0.4, -0.2) is 28.9 Å². The quantitative estimate of drug-likeness (QED) is 0.909. The molecule has 1 aliphatic heterocycles. The normalized spacial score (nSPS) is 25.7. The van der Waals surface area contributed by atoms with E-state index >= 15 is 0 Å². The maximum atomic E-state index is 11.3. The predicted molar refractivity (Wildman–Crippen MR) is 75.4 cm³/mol. The van der Waals surface area contributed by atoms with Gasteiger partial charge in [-0.2, -0.15) is 0 Å². The molecule has 0 radical (unpaired) electrons. The summed E-state index contributed by atoms with van der Waals surface area (Å²) in [4.78, 5) is 0. The second-order valence-electron chi connectivity index (χ2n) is 4.79. The molecule has 3 nitrogen and oxygen atoms in total. The second kappa shape index (κ2) is 6.34. The number of rotatable bonds is 4. The first-order chi connectivity index (χ1) is 8.69. The highest BCUT2D eigenvalue weighted by atomic mass is 32.2. The van der Waals surface area contributed by atoms with Crippen molar-refractivity contribution < 1.29 is 8.95 Å². The molecule has 18 heavy (non-hydrogen) atoms. The van der Waals surface area contributed by atoms with Crippen LogP contribution in [0, 0.1) is 0 Å². The Labute approximate surface area is 111 Å². The first kappa shape index (κ1) is 13.6. The van der Waals surface area contributed by atoms with E-state index in [1.54, 1.807) is 7.11 Å². The number of methoxy groups -OCH3 is 1. The summed E-state index contributed by atoms with van der Waals surface area (Å²) in [6, 6.07) is 8.95. The fourth-order valence-electron chi connectivity index (χ4n) is 2.32. The van der Waals surface area contributed by atoms with Gasteiger partial charge in [-0.15, -0.1) is 0 Å². The second-order valence-corrected chi connectivity index (χ2v) is 6.48. The minimum atomic E-state index is -0.585. The summed E-state index contributed by atoms with van der Waals surface area (Å²) in [6.45, 7) is 2.17. The molecule has 4 heteroatoms. The lowest BCUT2D eigenvalue weighted by Crippen LogP contribution is -2.37. The van der Waals surface area contributed by atoms with Crippen molar-refractivity contribution in [1.29, 1.82) is 0 Å². The van der Waals surface area contributed by atoms with Crippen LogP contribution >= 0.6 is 0 Å². The van der Waals surface area contributed by atoms with Gasteiger partial charge in [-0.05, 0) is 37.5 Å².